The van der Waals surface area contributed by atoms with Crippen molar-refractivity contribution in [3.8, 4) is 16.9 Å². The summed E-state index contributed by atoms with van der Waals surface area (Å²) in [5.74, 6) is -0.230. The Bertz CT molecular complexity index is 1250. The quantitative estimate of drug-likeness (QED) is 0.450. The molecule has 4 aromatic rings. The Kier molecular flexibility index (Phi) is 5.89. The molecular formula is C25H20F2N2O2. The molecular weight excluding hydrogens is 398 g/mol. The van der Waals surface area contributed by atoms with Gasteiger partial charge in [0.25, 0.3) is 5.56 Å². The lowest BCUT2D eigenvalue weighted by Gasteiger charge is -2.15. The lowest BCUT2D eigenvalue weighted by Crippen LogP contribution is -2.27. The largest absolute Gasteiger partial charge is 0.494 e. The summed E-state index contributed by atoms with van der Waals surface area (Å²) >= 11 is 0. The van der Waals surface area contributed by atoms with Crippen molar-refractivity contribution in [2.75, 3.05) is 7.11 Å². The predicted molar refractivity (Wildman–Crippen MR) is 115 cm³/mol. The van der Waals surface area contributed by atoms with Crippen LogP contribution in [0.3, 0.4) is 0 Å². The van der Waals surface area contributed by atoms with E-state index in [-0.39, 0.29) is 17.1 Å². The van der Waals surface area contributed by atoms with Crippen LogP contribution in [0, 0.1) is 11.6 Å². The van der Waals surface area contributed by atoms with Gasteiger partial charge in [-0.15, -0.1) is 0 Å². The fraction of sp³-hybridized carbons (Fsp3) is 0.120. The van der Waals surface area contributed by atoms with Crippen LogP contribution in [0.4, 0.5) is 8.78 Å². The summed E-state index contributed by atoms with van der Waals surface area (Å²) in [7, 11) is 1.39. The summed E-state index contributed by atoms with van der Waals surface area (Å²) in [5.41, 5.74) is 2.20. The average molecular weight is 418 g/mol. The van der Waals surface area contributed by atoms with E-state index in [0.29, 0.717) is 29.9 Å². The third-order valence-corrected chi connectivity index (χ3v) is 5.05. The molecule has 6 heteroatoms. The molecule has 1 heterocycles. The fourth-order valence-electron chi connectivity index (χ4n) is 3.41. The first-order valence-corrected chi connectivity index (χ1v) is 9.76. The highest BCUT2D eigenvalue weighted by atomic mass is 19.1. The molecule has 0 radical (unpaired) electrons. The molecule has 0 fully saturated rings. The van der Waals surface area contributed by atoms with Crippen LogP contribution in [-0.4, -0.2) is 16.7 Å². The van der Waals surface area contributed by atoms with Crippen LogP contribution in [0.5, 0.6) is 5.75 Å². The molecule has 0 saturated carbocycles. The van der Waals surface area contributed by atoms with Gasteiger partial charge < -0.3 is 4.74 Å². The fourth-order valence-corrected chi connectivity index (χ4v) is 3.41. The molecule has 156 valence electrons. The maximum Gasteiger partial charge on any atom is 0.261 e. The predicted octanol–water partition coefficient (Wildman–Crippen LogP) is 4.84. The smallest absolute Gasteiger partial charge is 0.261 e. The number of halogens is 2. The lowest BCUT2D eigenvalue weighted by atomic mass is 10.1. The summed E-state index contributed by atoms with van der Waals surface area (Å²) in [5, 5.41) is 0. The topological polar surface area (TPSA) is 44.1 Å². The average Bonchev–Trinajstić information content (AvgIpc) is 2.78. The summed E-state index contributed by atoms with van der Waals surface area (Å²) in [4.78, 5) is 17.9. The highest BCUT2D eigenvalue weighted by Gasteiger charge is 2.15. The van der Waals surface area contributed by atoms with E-state index < -0.39 is 5.82 Å². The van der Waals surface area contributed by atoms with Gasteiger partial charge in [0, 0.05) is 12.6 Å². The van der Waals surface area contributed by atoms with Gasteiger partial charge in [-0.1, -0.05) is 48.5 Å². The molecule has 3 aromatic carbocycles. The summed E-state index contributed by atoms with van der Waals surface area (Å²) in [6.07, 6.45) is 1.82. The maximum atomic E-state index is 14.2. The zero-order valence-corrected chi connectivity index (χ0v) is 16.9. The van der Waals surface area contributed by atoms with Crippen LogP contribution in [0.2, 0.25) is 0 Å². The van der Waals surface area contributed by atoms with Crippen molar-refractivity contribution in [1.29, 1.82) is 0 Å². The van der Waals surface area contributed by atoms with Gasteiger partial charge in [-0.05, 0) is 41.0 Å². The zero-order valence-electron chi connectivity index (χ0n) is 16.9. The van der Waals surface area contributed by atoms with Gasteiger partial charge >= 0.3 is 0 Å². The van der Waals surface area contributed by atoms with Gasteiger partial charge in [-0.2, -0.15) is 0 Å². The summed E-state index contributed by atoms with van der Waals surface area (Å²) in [6, 6.07) is 20.0. The number of aromatic nitrogens is 2. The Morgan fingerprint density at radius 2 is 1.68 bits per heavy atom. The van der Waals surface area contributed by atoms with Crippen LogP contribution in [0.15, 0.2) is 83.8 Å². The van der Waals surface area contributed by atoms with Gasteiger partial charge in [0.2, 0.25) is 0 Å². The minimum Gasteiger partial charge on any atom is -0.494 e. The molecule has 1 aromatic heterocycles. The summed E-state index contributed by atoms with van der Waals surface area (Å²) < 4.78 is 34.0. The van der Waals surface area contributed by atoms with Gasteiger partial charge in [0.1, 0.15) is 11.6 Å². The van der Waals surface area contributed by atoms with Crippen molar-refractivity contribution < 1.29 is 13.5 Å². The van der Waals surface area contributed by atoms with E-state index in [2.05, 4.69) is 4.98 Å². The molecule has 0 aliphatic carbocycles. The van der Waals surface area contributed by atoms with Gasteiger partial charge in [-0.3, -0.25) is 9.36 Å². The lowest BCUT2D eigenvalue weighted by molar-refractivity contribution is 0.386. The summed E-state index contributed by atoms with van der Waals surface area (Å²) in [6.45, 7) is 0.315. The van der Waals surface area contributed by atoms with Crippen molar-refractivity contribution in [1.82, 2.24) is 9.55 Å². The second-order valence-electron chi connectivity index (χ2n) is 7.12. The van der Waals surface area contributed by atoms with Crippen molar-refractivity contribution in [3.05, 3.63) is 118 Å². The molecule has 4 nitrogen and oxygen atoms in total. The number of hydrogen-bond acceptors (Lipinski definition) is 3. The van der Waals surface area contributed by atoms with Crippen LogP contribution >= 0.6 is 0 Å². The molecule has 0 amide bonds. The molecule has 4 rings (SSSR count). The van der Waals surface area contributed by atoms with Gasteiger partial charge in [0.05, 0.1) is 19.2 Å². The van der Waals surface area contributed by atoms with E-state index in [1.807, 2.05) is 30.3 Å². The molecule has 0 N–H and O–H groups in total. The van der Waals surface area contributed by atoms with Gasteiger partial charge in [-0.25, -0.2) is 13.8 Å². The van der Waals surface area contributed by atoms with E-state index in [1.165, 1.54) is 37.6 Å². The third kappa shape index (κ3) is 4.53. The Balaban J connectivity index is 1.80. The number of rotatable bonds is 6. The van der Waals surface area contributed by atoms with E-state index >= 15 is 0 Å². The normalized spacial score (nSPS) is 10.8. The minimum absolute atomic E-state index is 0.106. The van der Waals surface area contributed by atoms with Gasteiger partial charge in [0.15, 0.2) is 11.6 Å². The molecule has 0 unspecified atom stereocenters. The van der Waals surface area contributed by atoms with E-state index in [0.717, 1.165) is 11.1 Å². The highest BCUT2D eigenvalue weighted by molar-refractivity contribution is 5.62. The van der Waals surface area contributed by atoms with Crippen molar-refractivity contribution in [3.63, 3.8) is 0 Å². The van der Waals surface area contributed by atoms with Crippen LogP contribution in [0.25, 0.3) is 11.1 Å². The maximum absolute atomic E-state index is 14.2. The number of hydrogen-bond donors (Lipinski definition) is 0. The number of nitrogens with zero attached hydrogens (tertiary/aromatic N) is 2. The van der Waals surface area contributed by atoms with Crippen LogP contribution in [0.1, 0.15) is 17.0 Å². The Morgan fingerprint density at radius 1 is 0.935 bits per heavy atom. The Hall–Kier alpha value is -3.80. The second kappa shape index (κ2) is 8.92. The molecule has 0 aliphatic rings. The zero-order chi connectivity index (χ0) is 21.8. The van der Waals surface area contributed by atoms with Crippen LogP contribution in [-0.2, 0) is 13.0 Å². The second-order valence-corrected chi connectivity index (χ2v) is 7.12. The number of ether oxygens (including phenoxy) is 1. The van der Waals surface area contributed by atoms with Crippen molar-refractivity contribution >= 4 is 0 Å². The molecule has 31 heavy (non-hydrogen) atoms. The third-order valence-electron chi connectivity index (χ3n) is 5.05. The van der Waals surface area contributed by atoms with Crippen LogP contribution < -0.4 is 10.3 Å². The molecule has 0 aliphatic heterocycles. The molecule has 0 saturated heterocycles. The first-order chi connectivity index (χ1) is 15.0. The first-order valence-electron chi connectivity index (χ1n) is 9.76. The minimum atomic E-state index is -0.551. The molecule has 0 bridgehead atoms. The molecule has 0 atom stereocenters. The van der Waals surface area contributed by atoms with E-state index in [4.69, 9.17) is 4.74 Å². The van der Waals surface area contributed by atoms with Crippen molar-refractivity contribution in [2.45, 2.75) is 13.0 Å². The Labute approximate surface area is 178 Å². The van der Waals surface area contributed by atoms with E-state index in [1.54, 1.807) is 22.8 Å². The monoisotopic (exact) mass is 418 g/mol. The van der Waals surface area contributed by atoms with Crippen molar-refractivity contribution in [2.24, 2.45) is 0 Å². The highest BCUT2D eigenvalue weighted by Crippen LogP contribution is 2.23. The number of methoxy groups -OCH3 is 1. The number of benzene rings is 3. The standard InChI is InChI=1S/C25H20F2N2O2/c1-31-23-12-9-19(14-22(23)27)21-15-28-24(13-17-7-10-20(26)11-8-17)29(25(21)30)16-18-5-3-2-4-6-18/h2-12,14-15H,13,16H2,1H3. The Morgan fingerprint density at radius 3 is 2.35 bits per heavy atom. The molecule has 0 spiro atoms. The SMILES string of the molecule is COc1ccc(-c2cnc(Cc3ccc(F)cc3)n(Cc3ccccc3)c2=O)cc1F. The first kappa shape index (κ1) is 20.5. The van der Waals surface area contributed by atoms with E-state index in [9.17, 15) is 13.6 Å².